The van der Waals surface area contributed by atoms with Gasteiger partial charge in [-0.15, -0.1) is 0 Å². The highest BCUT2D eigenvalue weighted by atomic mass is 32.2. The third-order valence-corrected chi connectivity index (χ3v) is 3.34. The molecule has 0 radical (unpaired) electrons. The predicted molar refractivity (Wildman–Crippen MR) is 56.2 cm³/mol. The summed E-state index contributed by atoms with van der Waals surface area (Å²) < 4.78 is 36.0. The Bertz CT molecular complexity index is 603. The second kappa shape index (κ2) is 4.25. The predicted octanol–water partition coefficient (Wildman–Crippen LogP) is 0.805. The number of Topliss-reactive ketones (excluding diaryl/α,β-unsaturated/α-hetero) is 1. The van der Waals surface area contributed by atoms with E-state index < -0.39 is 33.0 Å². The molecule has 0 amide bonds. The minimum absolute atomic E-state index is 0.118. The van der Waals surface area contributed by atoms with Gasteiger partial charge in [-0.1, -0.05) is 0 Å². The highest BCUT2D eigenvalue weighted by molar-refractivity contribution is 7.90. The molecule has 7 heteroatoms. The first-order chi connectivity index (χ1) is 7.64. The molecule has 0 heterocycles. The lowest BCUT2D eigenvalue weighted by Crippen LogP contribution is -2.16. The van der Waals surface area contributed by atoms with Crippen molar-refractivity contribution in [3.05, 3.63) is 29.1 Å². The Kier molecular flexibility index (Phi) is 3.33. The number of ketones is 1. The van der Waals surface area contributed by atoms with Gasteiger partial charge in [0.25, 0.3) is 5.78 Å². The average Bonchev–Trinajstić information content (AvgIpc) is 2.14. The summed E-state index contributed by atoms with van der Waals surface area (Å²) in [7, 11) is -3.64. The molecule has 1 rings (SSSR count). The molecule has 0 aliphatic heterocycles. The fourth-order valence-corrected chi connectivity index (χ4v) is 2.32. The molecule has 0 saturated carbocycles. The summed E-state index contributed by atoms with van der Waals surface area (Å²) >= 11 is 0. The van der Waals surface area contributed by atoms with Crippen LogP contribution in [0.2, 0.25) is 0 Å². The van der Waals surface area contributed by atoms with Crippen molar-refractivity contribution in [2.45, 2.75) is 11.8 Å². The third kappa shape index (κ3) is 2.68. The van der Waals surface area contributed by atoms with E-state index >= 15 is 0 Å². The van der Waals surface area contributed by atoms with E-state index in [9.17, 15) is 22.4 Å². The summed E-state index contributed by atoms with van der Waals surface area (Å²) in [4.78, 5) is 21.3. The second-order valence-electron chi connectivity index (χ2n) is 3.50. The normalized spacial score (nSPS) is 11.2. The van der Waals surface area contributed by atoms with Crippen LogP contribution in [0, 0.1) is 12.7 Å². The monoisotopic (exact) mass is 260 g/mol. The summed E-state index contributed by atoms with van der Waals surface area (Å²) in [5.74, 6) is -4.37. The zero-order valence-electron chi connectivity index (χ0n) is 9.02. The van der Waals surface area contributed by atoms with Crippen molar-refractivity contribution in [2.75, 3.05) is 6.26 Å². The number of hydrogen-bond donors (Lipinski definition) is 1. The maximum Gasteiger partial charge on any atom is 0.377 e. The van der Waals surface area contributed by atoms with Crippen LogP contribution in [0.3, 0.4) is 0 Å². The molecule has 0 atom stereocenters. The van der Waals surface area contributed by atoms with E-state index in [2.05, 4.69) is 0 Å². The standard InChI is InChI=1S/C10H9FO5S/c1-5-3-7(11)6(9(12)10(13)14)4-8(5)17(2,15)16/h3-4H,1-2H3,(H,13,14). The third-order valence-electron chi connectivity index (χ3n) is 2.10. The molecule has 0 aliphatic rings. The number of aryl methyl sites for hydroxylation is 1. The molecule has 5 nitrogen and oxygen atoms in total. The fourth-order valence-electron chi connectivity index (χ4n) is 1.34. The van der Waals surface area contributed by atoms with Crippen LogP contribution in [0.4, 0.5) is 4.39 Å². The number of rotatable bonds is 3. The number of aliphatic carboxylic acids is 1. The van der Waals surface area contributed by atoms with Crippen molar-refractivity contribution in [3.8, 4) is 0 Å². The van der Waals surface area contributed by atoms with Crippen molar-refractivity contribution in [1.29, 1.82) is 0 Å². The molecule has 1 aromatic rings. The zero-order chi connectivity index (χ0) is 13.4. The van der Waals surface area contributed by atoms with E-state index in [1.54, 1.807) is 0 Å². The Morgan fingerprint density at radius 3 is 2.24 bits per heavy atom. The lowest BCUT2D eigenvalue weighted by molar-refractivity contribution is -0.131. The van der Waals surface area contributed by atoms with Crippen LogP contribution in [0.25, 0.3) is 0 Å². The Labute approximate surface area is 96.8 Å². The average molecular weight is 260 g/mol. The van der Waals surface area contributed by atoms with Crippen LogP contribution in [0.5, 0.6) is 0 Å². The lowest BCUT2D eigenvalue weighted by Gasteiger charge is -2.06. The van der Waals surface area contributed by atoms with Crippen molar-refractivity contribution in [3.63, 3.8) is 0 Å². The van der Waals surface area contributed by atoms with E-state index in [4.69, 9.17) is 5.11 Å². The number of carboxylic acid groups (broad SMARTS) is 1. The largest absolute Gasteiger partial charge is 0.475 e. The number of carbonyl (C=O) groups is 2. The SMILES string of the molecule is Cc1cc(F)c(C(=O)C(=O)O)cc1S(C)(=O)=O. The topological polar surface area (TPSA) is 88.5 Å². The first kappa shape index (κ1) is 13.3. The van der Waals surface area contributed by atoms with Gasteiger partial charge in [-0.05, 0) is 24.6 Å². The molecule has 0 bridgehead atoms. The molecule has 1 aromatic carbocycles. The van der Waals surface area contributed by atoms with E-state index in [0.717, 1.165) is 18.4 Å². The van der Waals surface area contributed by atoms with Crippen molar-refractivity contribution in [1.82, 2.24) is 0 Å². The molecular formula is C10H9FO5S. The summed E-state index contributed by atoms with van der Waals surface area (Å²) in [5, 5.41) is 8.46. The lowest BCUT2D eigenvalue weighted by atomic mass is 10.1. The highest BCUT2D eigenvalue weighted by Gasteiger charge is 2.23. The first-order valence-corrected chi connectivity index (χ1v) is 6.31. The van der Waals surface area contributed by atoms with E-state index in [0.29, 0.717) is 0 Å². The Hall–Kier alpha value is -1.76. The number of carbonyl (C=O) groups excluding carboxylic acids is 1. The van der Waals surface area contributed by atoms with Crippen LogP contribution in [0.15, 0.2) is 17.0 Å². The molecule has 0 aliphatic carbocycles. The molecule has 0 saturated heterocycles. The second-order valence-corrected chi connectivity index (χ2v) is 5.49. The summed E-state index contributed by atoms with van der Waals surface area (Å²) in [5.41, 5.74) is -0.643. The van der Waals surface area contributed by atoms with Crippen molar-refractivity contribution >= 4 is 21.6 Å². The maximum absolute atomic E-state index is 13.4. The van der Waals surface area contributed by atoms with Gasteiger partial charge in [0.15, 0.2) is 9.84 Å². The van der Waals surface area contributed by atoms with Gasteiger partial charge in [0.2, 0.25) is 0 Å². The van der Waals surface area contributed by atoms with Crippen LogP contribution in [0.1, 0.15) is 15.9 Å². The van der Waals surface area contributed by atoms with Gasteiger partial charge >= 0.3 is 5.97 Å². The first-order valence-electron chi connectivity index (χ1n) is 4.42. The van der Waals surface area contributed by atoms with Crippen molar-refractivity contribution < 1.29 is 27.5 Å². The van der Waals surface area contributed by atoms with Crippen LogP contribution < -0.4 is 0 Å². The molecular weight excluding hydrogens is 251 g/mol. The zero-order valence-corrected chi connectivity index (χ0v) is 9.84. The van der Waals surface area contributed by atoms with Crippen LogP contribution in [-0.2, 0) is 14.6 Å². The minimum atomic E-state index is -3.64. The van der Waals surface area contributed by atoms with E-state index in [1.165, 1.54) is 6.92 Å². The summed E-state index contributed by atoms with van der Waals surface area (Å²) in [6.07, 6.45) is 0.891. The molecule has 92 valence electrons. The van der Waals surface area contributed by atoms with E-state index in [-0.39, 0.29) is 10.5 Å². The van der Waals surface area contributed by atoms with Crippen molar-refractivity contribution in [2.24, 2.45) is 0 Å². The smallest absolute Gasteiger partial charge is 0.377 e. The van der Waals surface area contributed by atoms with Gasteiger partial charge in [-0.3, -0.25) is 4.79 Å². The quantitative estimate of drug-likeness (QED) is 0.493. The Morgan fingerprint density at radius 1 is 1.29 bits per heavy atom. The molecule has 0 unspecified atom stereocenters. The van der Waals surface area contributed by atoms with Gasteiger partial charge < -0.3 is 5.11 Å². The summed E-state index contributed by atoms with van der Waals surface area (Å²) in [6.45, 7) is 1.36. The maximum atomic E-state index is 13.4. The van der Waals surface area contributed by atoms with Gasteiger partial charge in [-0.2, -0.15) is 0 Å². The van der Waals surface area contributed by atoms with Crippen LogP contribution >= 0.6 is 0 Å². The number of sulfone groups is 1. The van der Waals surface area contributed by atoms with Crippen LogP contribution in [-0.4, -0.2) is 31.5 Å². The van der Waals surface area contributed by atoms with Gasteiger partial charge in [0, 0.05) is 6.26 Å². The Morgan fingerprint density at radius 2 is 1.82 bits per heavy atom. The minimum Gasteiger partial charge on any atom is -0.475 e. The number of benzene rings is 1. The fraction of sp³-hybridized carbons (Fsp3) is 0.200. The number of hydrogen-bond acceptors (Lipinski definition) is 4. The highest BCUT2D eigenvalue weighted by Crippen LogP contribution is 2.20. The van der Waals surface area contributed by atoms with Gasteiger partial charge in [0.05, 0.1) is 10.5 Å². The molecule has 1 N–H and O–H groups in total. The molecule has 0 fully saturated rings. The molecule has 17 heavy (non-hydrogen) atoms. The van der Waals surface area contributed by atoms with E-state index in [1.807, 2.05) is 0 Å². The number of halogens is 1. The van der Waals surface area contributed by atoms with Gasteiger partial charge in [-0.25, -0.2) is 17.6 Å². The summed E-state index contributed by atoms with van der Waals surface area (Å²) in [6, 6.07) is 1.57. The molecule has 0 spiro atoms. The molecule has 0 aromatic heterocycles. The Balaban J connectivity index is 3.56. The van der Waals surface area contributed by atoms with Gasteiger partial charge in [0.1, 0.15) is 5.82 Å². The number of carboxylic acids is 1.